The van der Waals surface area contributed by atoms with Crippen LogP contribution in [0.25, 0.3) is 10.2 Å². The summed E-state index contributed by atoms with van der Waals surface area (Å²) in [6, 6.07) is 13.3. The SMILES string of the molecule is CC(C)[C@H](NC(=O)Nc1ccccc1)C(=O)Nc1nc2ccc(Cl)cc2s1. The molecule has 0 bridgehead atoms. The summed E-state index contributed by atoms with van der Waals surface area (Å²) in [5.41, 5.74) is 1.41. The minimum atomic E-state index is -0.704. The van der Waals surface area contributed by atoms with Gasteiger partial charge in [0.2, 0.25) is 5.91 Å². The Bertz CT molecular complexity index is 959. The van der Waals surface area contributed by atoms with Crippen LogP contribution in [0.3, 0.4) is 0 Å². The summed E-state index contributed by atoms with van der Waals surface area (Å²) in [4.78, 5) is 29.3. The van der Waals surface area contributed by atoms with E-state index in [0.29, 0.717) is 15.8 Å². The maximum Gasteiger partial charge on any atom is 0.319 e. The van der Waals surface area contributed by atoms with Crippen molar-refractivity contribution in [1.29, 1.82) is 0 Å². The van der Waals surface area contributed by atoms with Gasteiger partial charge in [0.1, 0.15) is 6.04 Å². The summed E-state index contributed by atoms with van der Waals surface area (Å²) in [7, 11) is 0. The van der Waals surface area contributed by atoms with Crippen LogP contribution in [0, 0.1) is 5.92 Å². The van der Waals surface area contributed by atoms with E-state index in [9.17, 15) is 9.59 Å². The molecule has 0 spiro atoms. The Morgan fingerprint density at radius 1 is 1.07 bits per heavy atom. The van der Waals surface area contributed by atoms with Gasteiger partial charge in [-0.1, -0.05) is 55.0 Å². The Labute approximate surface area is 165 Å². The Morgan fingerprint density at radius 2 is 1.81 bits per heavy atom. The van der Waals surface area contributed by atoms with E-state index >= 15 is 0 Å². The standard InChI is InChI=1S/C19H19ClN4O2S/c1-11(2)16(23-18(26)21-13-6-4-3-5-7-13)17(25)24-19-22-14-9-8-12(20)10-15(14)27-19/h3-11,16H,1-2H3,(H2,21,23,26)(H,22,24,25)/t16-/m0/s1. The van der Waals surface area contributed by atoms with Crippen molar-refractivity contribution < 1.29 is 9.59 Å². The zero-order valence-corrected chi connectivity index (χ0v) is 16.4. The third-order valence-corrected chi connectivity index (χ3v) is 5.02. The number of carbonyl (C=O) groups is 2. The summed E-state index contributed by atoms with van der Waals surface area (Å²) < 4.78 is 0.883. The van der Waals surface area contributed by atoms with Crippen molar-refractivity contribution in [2.75, 3.05) is 10.6 Å². The molecule has 140 valence electrons. The van der Waals surface area contributed by atoms with E-state index in [1.807, 2.05) is 32.0 Å². The smallest absolute Gasteiger partial charge is 0.319 e. The number of hydrogen-bond donors (Lipinski definition) is 3. The molecule has 3 N–H and O–H groups in total. The third-order valence-electron chi connectivity index (χ3n) is 3.85. The first-order chi connectivity index (χ1) is 12.9. The number of para-hydroxylation sites is 1. The van der Waals surface area contributed by atoms with Crippen LogP contribution in [0.2, 0.25) is 5.02 Å². The van der Waals surface area contributed by atoms with Crippen molar-refractivity contribution in [3.05, 3.63) is 53.6 Å². The van der Waals surface area contributed by atoms with Crippen molar-refractivity contribution in [3.63, 3.8) is 0 Å². The van der Waals surface area contributed by atoms with Gasteiger partial charge >= 0.3 is 6.03 Å². The molecule has 1 heterocycles. The van der Waals surface area contributed by atoms with Crippen molar-refractivity contribution in [3.8, 4) is 0 Å². The van der Waals surface area contributed by atoms with Crippen molar-refractivity contribution in [2.24, 2.45) is 5.92 Å². The fourth-order valence-corrected chi connectivity index (χ4v) is 3.64. The van der Waals surface area contributed by atoms with Crippen LogP contribution in [0.1, 0.15) is 13.8 Å². The van der Waals surface area contributed by atoms with Crippen molar-refractivity contribution >= 4 is 55.9 Å². The second-order valence-corrected chi connectivity index (χ2v) is 7.77. The molecule has 6 nitrogen and oxygen atoms in total. The topological polar surface area (TPSA) is 83.1 Å². The summed E-state index contributed by atoms with van der Waals surface area (Å²) in [6.45, 7) is 3.73. The van der Waals surface area contributed by atoms with Gasteiger partial charge in [0.05, 0.1) is 10.2 Å². The van der Waals surface area contributed by atoms with Crippen LogP contribution in [0.5, 0.6) is 0 Å². The van der Waals surface area contributed by atoms with Gasteiger partial charge in [-0.25, -0.2) is 9.78 Å². The van der Waals surface area contributed by atoms with Gasteiger partial charge in [-0.2, -0.15) is 0 Å². The number of aromatic nitrogens is 1. The molecule has 0 aliphatic heterocycles. The summed E-state index contributed by atoms with van der Waals surface area (Å²) >= 11 is 7.32. The number of carbonyl (C=O) groups excluding carboxylic acids is 2. The third kappa shape index (κ3) is 4.96. The highest BCUT2D eigenvalue weighted by molar-refractivity contribution is 7.22. The molecule has 1 atom stereocenters. The van der Waals surface area contributed by atoms with E-state index in [-0.39, 0.29) is 11.8 Å². The Morgan fingerprint density at radius 3 is 2.52 bits per heavy atom. The largest absolute Gasteiger partial charge is 0.326 e. The molecule has 3 rings (SSSR count). The second kappa shape index (κ2) is 8.37. The summed E-state index contributed by atoms with van der Waals surface area (Å²) in [5, 5.41) is 9.30. The molecule has 8 heteroatoms. The Kier molecular flexibility index (Phi) is 5.93. The fraction of sp³-hybridized carbons (Fsp3) is 0.211. The lowest BCUT2D eigenvalue weighted by molar-refractivity contribution is -0.118. The average Bonchev–Trinajstić information content (AvgIpc) is 3.01. The summed E-state index contributed by atoms with van der Waals surface area (Å²) in [5.74, 6) is -0.422. The van der Waals surface area contributed by atoms with Gasteiger partial charge in [-0.15, -0.1) is 0 Å². The molecule has 1 aromatic heterocycles. The van der Waals surface area contributed by atoms with E-state index in [1.54, 1.807) is 30.3 Å². The van der Waals surface area contributed by atoms with Crippen molar-refractivity contribution in [1.82, 2.24) is 10.3 Å². The normalized spacial score (nSPS) is 12.0. The molecule has 0 aliphatic rings. The lowest BCUT2D eigenvalue weighted by atomic mass is 10.0. The van der Waals surface area contributed by atoms with E-state index < -0.39 is 12.1 Å². The molecule has 0 aliphatic carbocycles. The molecule has 3 amide bonds. The molecule has 0 unspecified atom stereocenters. The number of rotatable bonds is 5. The number of halogens is 1. The number of nitrogens with one attached hydrogen (secondary N) is 3. The first-order valence-electron chi connectivity index (χ1n) is 8.42. The van der Waals surface area contributed by atoms with Crippen molar-refractivity contribution in [2.45, 2.75) is 19.9 Å². The van der Waals surface area contributed by atoms with Crippen LogP contribution in [-0.4, -0.2) is 23.0 Å². The first-order valence-corrected chi connectivity index (χ1v) is 9.61. The van der Waals surface area contributed by atoms with Crippen LogP contribution in [0.4, 0.5) is 15.6 Å². The number of hydrogen-bond acceptors (Lipinski definition) is 4. The number of nitrogens with zero attached hydrogens (tertiary/aromatic N) is 1. The van der Waals surface area contributed by atoms with Gasteiger partial charge in [-0.05, 0) is 36.2 Å². The van der Waals surface area contributed by atoms with Gasteiger partial charge in [0.15, 0.2) is 5.13 Å². The second-order valence-electron chi connectivity index (χ2n) is 6.31. The molecular weight excluding hydrogens is 384 g/mol. The molecular formula is C19H19ClN4O2S. The first kappa shape index (κ1) is 19.1. The summed E-state index contributed by atoms with van der Waals surface area (Å²) in [6.07, 6.45) is 0. The molecule has 27 heavy (non-hydrogen) atoms. The monoisotopic (exact) mass is 402 g/mol. The van der Waals surface area contributed by atoms with E-state index in [4.69, 9.17) is 11.6 Å². The van der Waals surface area contributed by atoms with E-state index in [0.717, 1.165) is 10.2 Å². The van der Waals surface area contributed by atoms with Gasteiger partial charge in [0.25, 0.3) is 0 Å². The molecule has 0 saturated carbocycles. The number of benzene rings is 2. The maximum absolute atomic E-state index is 12.7. The molecule has 0 saturated heterocycles. The number of amides is 3. The van der Waals surface area contributed by atoms with Gasteiger partial charge < -0.3 is 16.0 Å². The predicted octanol–water partition coefficient (Wildman–Crippen LogP) is 4.73. The zero-order chi connectivity index (χ0) is 19.4. The molecule has 0 fully saturated rings. The van der Waals surface area contributed by atoms with Gasteiger partial charge in [0, 0.05) is 10.7 Å². The highest BCUT2D eigenvalue weighted by atomic mass is 35.5. The van der Waals surface area contributed by atoms with Crippen LogP contribution in [-0.2, 0) is 4.79 Å². The molecule has 3 aromatic rings. The lowest BCUT2D eigenvalue weighted by Gasteiger charge is -2.21. The van der Waals surface area contributed by atoms with Crippen LogP contribution >= 0.6 is 22.9 Å². The minimum absolute atomic E-state index is 0.102. The fourth-order valence-electron chi connectivity index (χ4n) is 2.50. The average molecular weight is 403 g/mol. The Balaban J connectivity index is 1.68. The van der Waals surface area contributed by atoms with E-state index in [2.05, 4.69) is 20.9 Å². The van der Waals surface area contributed by atoms with E-state index in [1.165, 1.54) is 11.3 Å². The maximum atomic E-state index is 12.7. The quantitative estimate of drug-likeness (QED) is 0.576. The molecule has 0 radical (unpaired) electrons. The molecule has 2 aromatic carbocycles. The minimum Gasteiger partial charge on any atom is -0.326 e. The van der Waals surface area contributed by atoms with Gasteiger partial charge in [-0.3, -0.25) is 4.79 Å². The number of urea groups is 1. The number of fused-ring (bicyclic) bond motifs is 1. The highest BCUT2D eigenvalue weighted by Crippen LogP contribution is 2.28. The highest BCUT2D eigenvalue weighted by Gasteiger charge is 2.25. The number of anilines is 2. The van der Waals surface area contributed by atoms with Crippen LogP contribution in [0.15, 0.2) is 48.5 Å². The van der Waals surface area contributed by atoms with Crippen LogP contribution < -0.4 is 16.0 Å². The number of thiazole rings is 1. The Hall–Kier alpha value is -2.64. The zero-order valence-electron chi connectivity index (χ0n) is 14.8. The predicted molar refractivity (Wildman–Crippen MR) is 110 cm³/mol. The lowest BCUT2D eigenvalue weighted by Crippen LogP contribution is -2.48.